The van der Waals surface area contributed by atoms with Crippen molar-refractivity contribution in [1.29, 1.82) is 0 Å². The quantitative estimate of drug-likeness (QED) is 0.808. The Morgan fingerprint density at radius 1 is 1.25 bits per heavy atom. The van der Waals surface area contributed by atoms with E-state index in [-0.39, 0.29) is 5.91 Å². The van der Waals surface area contributed by atoms with Crippen LogP contribution >= 0.6 is 0 Å². The molecular formula is C15H22F2N2O. The van der Waals surface area contributed by atoms with Gasteiger partial charge in [0.05, 0.1) is 12.1 Å². The van der Waals surface area contributed by atoms with Gasteiger partial charge in [-0.3, -0.25) is 4.79 Å². The molecule has 3 N–H and O–H groups in total. The zero-order valence-electron chi connectivity index (χ0n) is 12.0. The number of rotatable bonds is 7. The van der Waals surface area contributed by atoms with Gasteiger partial charge in [0.1, 0.15) is 11.6 Å². The van der Waals surface area contributed by atoms with E-state index < -0.39 is 23.7 Å². The molecule has 0 bridgehead atoms. The lowest BCUT2D eigenvalue weighted by molar-refractivity contribution is -0.123. The summed E-state index contributed by atoms with van der Waals surface area (Å²) in [6.07, 6.45) is 2.73. The van der Waals surface area contributed by atoms with E-state index in [4.69, 9.17) is 5.73 Å². The smallest absolute Gasteiger partial charge is 0.237 e. The maximum atomic E-state index is 13.8. The molecule has 0 aliphatic heterocycles. The average Bonchev–Trinajstić information content (AvgIpc) is 2.38. The van der Waals surface area contributed by atoms with Crippen LogP contribution in [0.5, 0.6) is 0 Å². The molecule has 1 rings (SSSR count). The summed E-state index contributed by atoms with van der Waals surface area (Å²) in [5.74, 6) is -1.57. The van der Waals surface area contributed by atoms with Crippen LogP contribution in [0.15, 0.2) is 18.2 Å². The van der Waals surface area contributed by atoms with Crippen LogP contribution in [0.1, 0.15) is 51.1 Å². The molecule has 0 saturated carbocycles. The minimum atomic E-state index is -0.646. The zero-order valence-corrected chi connectivity index (χ0v) is 12.0. The first-order valence-electron chi connectivity index (χ1n) is 7.00. The van der Waals surface area contributed by atoms with Crippen LogP contribution in [-0.2, 0) is 4.79 Å². The predicted molar refractivity (Wildman–Crippen MR) is 75.0 cm³/mol. The second-order valence-electron chi connectivity index (χ2n) is 4.91. The molecule has 1 aromatic carbocycles. The van der Waals surface area contributed by atoms with Gasteiger partial charge < -0.3 is 11.1 Å². The number of hydrogen-bond acceptors (Lipinski definition) is 2. The lowest BCUT2D eigenvalue weighted by atomic mass is 10.0. The third-order valence-electron chi connectivity index (χ3n) is 3.17. The summed E-state index contributed by atoms with van der Waals surface area (Å²) in [7, 11) is 0. The average molecular weight is 284 g/mol. The second-order valence-corrected chi connectivity index (χ2v) is 4.91. The summed E-state index contributed by atoms with van der Waals surface area (Å²) in [5.41, 5.74) is 6.04. The van der Waals surface area contributed by atoms with Crippen LogP contribution in [-0.4, -0.2) is 11.9 Å². The molecule has 0 heterocycles. The lowest BCUT2D eigenvalue weighted by Crippen LogP contribution is -2.42. The minimum absolute atomic E-state index is 0.297. The van der Waals surface area contributed by atoms with Gasteiger partial charge in [0.25, 0.3) is 0 Å². The van der Waals surface area contributed by atoms with Gasteiger partial charge in [0.2, 0.25) is 5.91 Å². The molecule has 0 fully saturated rings. The van der Waals surface area contributed by atoms with Crippen LogP contribution in [0, 0.1) is 11.6 Å². The number of halogens is 2. The van der Waals surface area contributed by atoms with Gasteiger partial charge in [0.15, 0.2) is 0 Å². The number of benzene rings is 1. The maximum Gasteiger partial charge on any atom is 0.237 e. The molecule has 2 atom stereocenters. The highest BCUT2D eigenvalue weighted by Gasteiger charge is 2.20. The van der Waals surface area contributed by atoms with E-state index in [2.05, 4.69) is 5.32 Å². The number of hydrogen-bond donors (Lipinski definition) is 2. The molecule has 2 unspecified atom stereocenters. The van der Waals surface area contributed by atoms with E-state index in [1.54, 1.807) is 0 Å². The fraction of sp³-hybridized carbons (Fsp3) is 0.533. The number of carbonyl (C=O) groups is 1. The first-order chi connectivity index (χ1) is 9.49. The third kappa shape index (κ3) is 4.56. The number of carbonyl (C=O) groups excluding carboxylic acids is 1. The van der Waals surface area contributed by atoms with Crippen LogP contribution in [0.2, 0.25) is 0 Å². The van der Waals surface area contributed by atoms with Crippen molar-refractivity contribution in [2.75, 3.05) is 0 Å². The van der Waals surface area contributed by atoms with Crippen LogP contribution in [0.3, 0.4) is 0 Å². The third-order valence-corrected chi connectivity index (χ3v) is 3.17. The standard InChI is InChI=1S/C15H22F2N2O/c1-3-5-13(18)15(20)19-14(6-4-2)11-8-7-10(16)9-12(11)17/h7-9,13-14H,3-6,18H2,1-2H3,(H,19,20). The van der Waals surface area contributed by atoms with E-state index in [0.29, 0.717) is 18.4 Å². The Morgan fingerprint density at radius 2 is 1.90 bits per heavy atom. The van der Waals surface area contributed by atoms with Crippen molar-refractivity contribution in [2.45, 2.75) is 51.6 Å². The molecule has 1 aromatic rings. The number of nitrogens with two attached hydrogens (primary N) is 1. The summed E-state index contributed by atoms with van der Waals surface area (Å²) < 4.78 is 26.7. The molecule has 0 aliphatic rings. The summed E-state index contributed by atoms with van der Waals surface area (Å²) in [4.78, 5) is 11.9. The van der Waals surface area contributed by atoms with E-state index in [1.165, 1.54) is 12.1 Å². The van der Waals surface area contributed by atoms with Gasteiger partial charge in [-0.25, -0.2) is 8.78 Å². The van der Waals surface area contributed by atoms with E-state index in [0.717, 1.165) is 18.9 Å². The first-order valence-corrected chi connectivity index (χ1v) is 7.00. The normalized spacial score (nSPS) is 13.8. The van der Waals surface area contributed by atoms with Crippen molar-refractivity contribution in [3.63, 3.8) is 0 Å². The van der Waals surface area contributed by atoms with Gasteiger partial charge in [0, 0.05) is 11.6 Å². The molecule has 0 aliphatic carbocycles. The molecule has 0 aromatic heterocycles. The molecule has 1 amide bonds. The van der Waals surface area contributed by atoms with Crippen LogP contribution < -0.4 is 11.1 Å². The van der Waals surface area contributed by atoms with Crippen molar-refractivity contribution in [1.82, 2.24) is 5.32 Å². The van der Waals surface area contributed by atoms with Crippen molar-refractivity contribution in [3.8, 4) is 0 Å². The van der Waals surface area contributed by atoms with Crippen molar-refractivity contribution in [2.24, 2.45) is 5.73 Å². The van der Waals surface area contributed by atoms with Gasteiger partial charge in [-0.2, -0.15) is 0 Å². The van der Waals surface area contributed by atoms with Gasteiger partial charge in [-0.15, -0.1) is 0 Å². The maximum absolute atomic E-state index is 13.8. The second kappa shape index (κ2) is 7.94. The Kier molecular flexibility index (Phi) is 6.58. The Bertz CT molecular complexity index is 451. The number of amides is 1. The monoisotopic (exact) mass is 284 g/mol. The highest BCUT2D eigenvalue weighted by Crippen LogP contribution is 2.22. The van der Waals surface area contributed by atoms with E-state index in [1.807, 2.05) is 13.8 Å². The summed E-state index contributed by atoms with van der Waals surface area (Å²) >= 11 is 0. The summed E-state index contributed by atoms with van der Waals surface area (Å²) in [6.45, 7) is 3.88. The van der Waals surface area contributed by atoms with Crippen molar-refractivity contribution < 1.29 is 13.6 Å². The van der Waals surface area contributed by atoms with Crippen molar-refractivity contribution in [3.05, 3.63) is 35.4 Å². The highest BCUT2D eigenvalue weighted by atomic mass is 19.1. The molecular weight excluding hydrogens is 262 g/mol. The molecule has 0 spiro atoms. The Morgan fingerprint density at radius 3 is 2.45 bits per heavy atom. The van der Waals surface area contributed by atoms with E-state index in [9.17, 15) is 13.6 Å². The fourth-order valence-corrected chi connectivity index (χ4v) is 2.10. The summed E-state index contributed by atoms with van der Waals surface area (Å²) in [5, 5.41) is 2.75. The molecule has 0 saturated heterocycles. The SMILES string of the molecule is CCCC(N)C(=O)NC(CCC)c1ccc(F)cc1F. The molecule has 112 valence electrons. The van der Waals surface area contributed by atoms with Gasteiger partial charge >= 0.3 is 0 Å². The minimum Gasteiger partial charge on any atom is -0.348 e. The van der Waals surface area contributed by atoms with Crippen molar-refractivity contribution >= 4 is 5.91 Å². The topological polar surface area (TPSA) is 55.1 Å². The first kappa shape index (κ1) is 16.6. The molecule has 0 radical (unpaired) electrons. The Hall–Kier alpha value is -1.49. The van der Waals surface area contributed by atoms with Crippen LogP contribution in [0.25, 0.3) is 0 Å². The lowest BCUT2D eigenvalue weighted by Gasteiger charge is -2.21. The predicted octanol–water partition coefficient (Wildman–Crippen LogP) is 3.05. The molecule has 5 heteroatoms. The Labute approximate surface area is 118 Å². The largest absolute Gasteiger partial charge is 0.348 e. The van der Waals surface area contributed by atoms with Crippen LogP contribution in [0.4, 0.5) is 8.78 Å². The van der Waals surface area contributed by atoms with E-state index >= 15 is 0 Å². The number of nitrogens with one attached hydrogen (secondary N) is 1. The van der Waals surface area contributed by atoms with Gasteiger partial charge in [-0.05, 0) is 18.9 Å². The molecule has 3 nitrogen and oxygen atoms in total. The zero-order chi connectivity index (χ0) is 15.1. The fourth-order valence-electron chi connectivity index (χ4n) is 2.10. The summed E-state index contributed by atoms with van der Waals surface area (Å²) in [6, 6.07) is 2.32. The van der Waals surface area contributed by atoms with Gasteiger partial charge in [-0.1, -0.05) is 32.8 Å². The Balaban J connectivity index is 2.85. The highest BCUT2D eigenvalue weighted by molar-refractivity contribution is 5.81. The molecule has 20 heavy (non-hydrogen) atoms.